The lowest BCUT2D eigenvalue weighted by molar-refractivity contribution is -0.121. The summed E-state index contributed by atoms with van der Waals surface area (Å²) >= 11 is 0. The summed E-state index contributed by atoms with van der Waals surface area (Å²) in [6.07, 6.45) is 0.724. The van der Waals surface area contributed by atoms with Crippen LogP contribution < -0.4 is 11.1 Å². The van der Waals surface area contributed by atoms with Crippen LogP contribution in [0.25, 0.3) is 0 Å². The lowest BCUT2D eigenvalue weighted by Gasteiger charge is -2.16. The van der Waals surface area contributed by atoms with Gasteiger partial charge in [0.1, 0.15) is 0 Å². The van der Waals surface area contributed by atoms with E-state index in [9.17, 15) is 9.59 Å². The number of rotatable bonds is 6. The van der Waals surface area contributed by atoms with Crippen molar-refractivity contribution >= 4 is 11.9 Å². The van der Waals surface area contributed by atoms with Crippen molar-refractivity contribution in [2.24, 2.45) is 11.7 Å². The van der Waals surface area contributed by atoms with Gasteiger partial charge in [-0.25, -0.2) is 4.79 Å². The second-order valence-corrected chi connectivity index (χ2v) is 5.28. The van der Waals surface area contributed by atoms with Crippen LogP contribution in [0, 0.1) is 12.8 Å². The number of carbonyl (C=O) groups excluding carboxylic acids is 2. The van der Waals surface area contributed by atoms with Crippen molar-refractivity contribution in [1.82, 2.24) is 20.4 Å². The molecular weight excluding hydrogens is 290 g/mol. The Kier molecular flexibility index (Phi) is 5.31. The first-order valence-electron chi connectivity index (χ1n) is 7.14. The molecule has 0 unspecified atom stereocenters. The van der Waals surface area contributed by atoms with E-state index in [-0.39, 0.29) is 18.5 Å². The van der Waals surface area contributed by atoms with Crippen LogP contribution >= 0.6 is 0 Å². The van der Waals surface area contributed by atoms with Gasteiger partial charge in [0.25, 0.3) is 0 Å². The standard InChI is InChI=1S/C13H21N5O4/c1-8-16-12(22-17-8)10-7-18(6-9(10)11(14)19)13(20)15-4-3-5-21-2/h9-10H,3-7H2,1-2H3,(H2,14,19)(H,15,20)/t9-,10-/m1/s1. The van der Waals surface area contributed by atoms with Gasteiger partial charge in [0.05, 0.1) is 11.8 Å². The summed E-state index contributed by atoms with van der Waals surface area (Å²) in [5, 5.41) is 6.51. The van der Waals surface area contributed by atoms with Crippen LogP contribution in [0.3, 0.4) is 0 Å². The van der Waals surface area contributed by atoms with Crippen molar-refractivity contribution in [2.45, 2.75) is 19.3 Å². The molecule has 2 rings (SSSR count). The number of urea groups is 1. The van der Waals surface area contributed by atoms with Crippen molar-refractivity contribution in [3.05, 3.63) is 11.7 Å². The average molecular weight is 311 g/mol. The number of hydrogen-bond donors (Lipinski definition) is 2. The van der Waals surface area contributed by atoms with Gasteiger partial charge in [-0.1, -0.05) is 5.16 Å². The molecule has 0 radical (unpaired) electrons. The zero-order valence-corrected chi connectivity index (χ0v) is 12.7. The Morgan fingerprint density at radius 2 is 2.27 bits per heavy atom. The molecule has 1 aliphatic rings. The monoisotopic (exact) mass is 311 g/mol. The highest BCUT2D eigenvalue weighted by Gasteiger charge is 2.42. The Morgan fingerprint density at radius 3 is 2.86 bits per heavy atom. The van der Waals surface area contributed by atoms with Crippen molar-refractivity contribution < 1.29 is 18.8 Å². The summed E-state index contributed by atoms with van der Waals surface area (Å²) < 4.78 is 10.0. The molecule has 0 saturated carbocycles. The minimum atomic E-state index is -0.524. The molecule has 0 aromatic carbocycles. The maximum Gasteiger partial charge on any atom is 0.317 e. The van der Waals surface area contributed by atoms with Crippen molar-refractivity contribution in [3.8, 4) is 0 Å². The molecule has 9 heteroatoms. The molecule has 0 spiro atoms. The molecular formula is C13H21N5O4. The molecule has 2 atom stereocenters. The highest BCUT2D eigenvalue weighted by Crippen LogP contribution is 2.31. The predicted molar refractivity (Wildman–Crippen MR) is 75.9 cm³/mol. The van der Waals surface area contributed by atoms with Gasteiger partial charge in [0.2, 0.25) is 11.8 Å². The van der Waals surface area contributed by atoms with Crippen molar-refractivity contribution in [3.63, 3.8) is 0 Å². The van der Waals surface area contributed by atoms with E-state index in [0.717, 1.165) is 6.42 Å². The van der Waals surface area contributed by atoms with E-state index in [2.05, 4.69) is 15.5 Å². The zero-order valence-electron chi connectivity index (χ0n) is 12.7. The first-order chi connectivity index (χ1) is 10.5. The number of nitrogens with zero attached hydrogens (tertiary/aromatic N) is 3. The van der Waals surface area contributed by atoms with Crippen LogP contribution in [0.1, 0.15) is 24.1 Å². The van der Waals surface area contributed by atoms with Crippen LogP contribution in [0.5, 0.6) is 0 Å². The highest BCUT2D eigenvalue weighted by molar-refractivity contribution is 5.81. The summed E-state index contributed by atoms with van der Waals surface area (Å²) in [4.78, 5) is 29.4. The molecule has 3 amide bonds. The maximum atomic E-state index is 12.1. The second kappa shape index (κ2) is 7.21. The third kappa shape index (κ3) is 3.73. The quantitative estimate of drug-likeness (QED) is 0.690. The second-order valence-electron chi connectivity index (χ2n) is 5.28. The molecule has 2 heterocycles. The van der Waals surface area contributed by atoms with E-state index < -0.39 is 11.8 Å². The molecule has 1 aromatic rings. The Hall–Kier alpha value is -2.16. The number of likely N-dealkylation sites (tertiary alicyclic amines) is 1. The van der Waals surface area contributed by atoms with E-state index in [4.69, 9.17) is 15.0 Å². The number of ether oxygens (including phenoxy) is 1. The Balaban J connectivity index is 1.98. The van der Waals surface area contributed by atoms with Crippen LogP contribution in [0.2, 0.25) is 0 Å². The number of hydrogen-bond acceptors (Lipinski definition) is 6. The Labute approximate surface area is 128 Å². The number of aromatic nitrogens is 2. The molecule has 0 aliphatic carbocycles. The molecule has 122 valence electrons. The van der Waals surface area contributed by atoms with Gasteiger partial charge in [-0.15, -0.1) is 0 Å². The highest BCUT2D eigenvalue weighted by atomic mass is 16.5. The van der Waals surface area contributed by atoms with Crippen LogP contribution in [-0.2, 0) is 9.53 Å². The van der Waals surface area contributed by atoms with Gasteiger partial charge in [-0.05, 0) is 13.3 Å². The predicted octanol–water partition coefficient (Wildman–Crippen LogP) is -0.375. The Morgan fingerprint density at radius 1 is 1.50 bits per heavy atom. The summed E-state index contributed by atoms with van der Waals surface area (Å²) in [5.74, 6) is -0.528. The summed E-state index contributed by atoms with van der Waals surface area (Å²) in [6, 6.07) is -0.235. The van der Waals surface area contributed by atoms with Gasteiger partial charge in [-0.2, -0.15) is 4.98 Å². The van der Waals surface area contributed by atoms with Gasteiger partial charge in [0, 0.05) is 33.4 Å². The van der Waals surface area contributed by atoms with E-state index in [0.29, 0.717) is 31.4 Å². The molecule has 3 N–H and O–H groups in total. The van der Waals surface area contributed by atoms with Crippen LogP contribution in [0.15, 0.2) is 4.52 Å². The molecule has 1 fully saturated rings. The first-order valence-corrected chi connectivity index (χ1v) is 7.14. The van der Waals surface area contributed by atoms with Crippen LogP contribution in [0.4, 0.5) is 4.79 Å². The number of methoxy groups -OCH3 is 1. The molecule has 1 aliphatic heterocycles. The number of primary amides is 1. The van der Waals surface area contributed by atoms with Crippen molar-refractivity contribution in [2.75, 3.05) is 33.4 Å². The number of amides is 3. The third-order valence-electron chi connectivity index (χ3n) is 3.63. The number of aryl methyl sites for hydroxylation is 1. The number of carbonyl (C=O) groups is 2. The first kappa shape index (κ1) is 16.2. The normalized spacial score (nSPS) is 21.1. The SMILES string of the molecule is COCCCNC(=O)N1C[C@@H](C(N)=O)[C@H](c2nc(C)no2)C1. The number of nitrogens with two attached hydrogens (primary N) is 1. The van der Waals surface area contributed by atoms with Gasteiger partial charge in [0.15, 0.2) is 5.82 Å². The topological polar surface area (TPSA) is 124 Å². The Bertz CT molecular complexity index is 532. The third-order valence-corrected chi connectivity index (χ3v) is 3.63. The summed E-state index contributed by atoms with van der Waals surface area (Å²) in [5.41, 5.74) is 5.43. The summed E-state index contributed by atoms with van der Waals surface area (Å²) in [6.45, 7) is 3.35. The largest absolute Gasteiger partial charge is 0.385 e. The lowest BCUT2D eigenvalue weighted by Crippen LogP contribution is -2.40. The fraction of sp³-hybridized carbons (Fsp3) is 0.692. The van der Waals surface area contributed by atoms with E-state index in [1.807, 2.05) is 0 Å². The van der Waals surface area contributed by atoms with E-state index in [1.165, 1.54) is 0 Å². The van der Waals surface area contributed by atoms with Crippen molar-refractivity contribution in [1.29, 1.82) is 0 Å². The number of nitrogens with one attached hydrogen (secondary N) is 1. The molecule has 1 aromatic heterocycles. The van der Waals surface area contributed by atoms with Gasteiger partial charge >= 0.3 is 6.03 Å². The van der Waals surface area contributed by atoms with Crippen LogP contribution in [-0.4, -0.2) is 60.3 Å². The zero-order chi connectivity index (χ0) is 16.1. The lowest BCUT2D eigenvalue weighted by atomic mass is 9.95. The molecule has 1 saturated heterocycles. The van der Waals surface area contributed by atoms with E-state index in [1.54, 1.807) is 18.9 Å². The van der Waals surface area contributed by atoms with Gasteiger partial charge < -0.3 is 25.2 Å². The average Bonchev–Trinajstić information content (AvgIpc) is 3.09. The summed E-state index contributed by atoms with van der Waals surface area (Å²) in [7, 11) is 1.61. The smallest absolute Gasteiger partial charge is 0.317 e. The van der Waals surface area contributed by atoms with Gasteiger partial charge in [-0.3, -0.25) is 4.79 Å². The minimum absolute atomic E-state index is 0.235. The molecule has 22 heavy (non-hydrogen) atoms. The van der Waals surface area contributed by atoms with E-state index >= 15 is 0 Å². The molecule has 9 nitrogen and oxygen atoms in total. The fourth-order valence-electron chi connectivity index (χ4n) is 2.50. The fourth-order valence-corrected chi connectivity index (χ4v) is 2.50. The minimum Gasteiger partial charge on any atom is -0.385 e. The molecule has 0 bridgehead atoms. The maximum absolute atomic E-state index is 12.1.